The van der Waals surface area contributed by atoms with Crippen molar-refractivity contribution >= 4 is 27.6 Å². The number of halogens is 1. The minimum Gasteiger partial charge on any atom is -0.369 e. The van der Waals surface area contributed by atoms with Crippen molar-refractivity contribution in [1.82, 2.24) is 14.9 Å². The van der Waals surface area contributed by atoms with Gasteiger partial charge in [-0.1, -0.05) is 0 Å². The molecule has 6 heteroatoms. The van der Waals surface area contributed by atoms with Crippen LogP contribution in [0.5, 0.6) is 0 Å². The summed E-state index contributed by atoms with van der Waals surface area (Å²) < 4.78 is 0.972. The zero-order valence-corrected chi connectivity index (χ0v) is 13.4. The Labute approximate surface area is 123 Å². The third kappa shape index (κ3) is 3.36. The van der Waals surface area contributed by atoms with Crippen molar-refractivity contribution in [3.63, 3.8) is 0 Å². The van der Waals surface area contributed by atoms with Gasteiger partial charge in [0, 0.05) is 25.7 Å². The number of anilines is 2. The van der Waals surface area contributed by atoms with Crippen LogP contribution in [0.15, 0.2) is 10.8 Å². The second-order valence-corrected chi connectivity index (χ2v) is 5.87. The van der Waals surface area contributed by atoms with Gasteiger partial charge in [-0.05, 0) is 49.8 Å². The zero-order chi connectivity index (χ0) is 13.8. The summed E-state index contributed by atoms with van der Waals surface area (Å²) in [4.78, 5) is 13.3. The maximum absolute atomic E-state index is 4.43. The molecular weight excluding hydrogens is 306 g/mol. The van der Waals surface area contributed by atoms with Crippen molar-refractivity contribution in [3.05, 3.63) is 10.8 Å². The molecule has 0 aromatic carbocycles. The van der Waals surface area contributed by atoms with Crippen LogP contribution in [0.4, 0.5) is 11.6 Å². The number of hydrogen-bond acceptors (Lipinski definition) is 5. The Morgan fingerprint density at radius 2 is 2.05 bits per heavy atom. The van der Waals surface area contributed by atoms with Crippen LogP contribution < -0.4 is 10.2 Å². The van der Waals surface area contributed by atoms with E-state index in [0.29, 0.717) is 6.04 Å². The van der Waals surface area contributed by atoms with E-state index in [-0.39, 0.29) is 0 Å². The monoisotopic (exact) mass is 327 g/mol. The molecule has 1 aliphatic heterocycles. The lowest BCUT2D eigenvalue weighted by Crippen LogP contribution is -2.42. The fourth-order valence-corrected chi connectivity index (χ4v) is 3.06. The largest absolute Gasteiger partial charge is 0.369 e. The Morgan fingerprint density at radius 3 is 2.63 bits per heavy atom. The first-order valence-corrected chi connectivity index (χ1v) is 7.58. The Kier molecular flexibility index (Phi) is 4.99. The van der Waals surface area contributed by atoms with Gasteiger partial charge in [0.05, 0.1) is 0 Å². The van der Waals surface area contributed by atoms with Crippen LogP contribution in [0.2, 0.25) is 0 Å². The van der Waals surface area contributed by atoms with E-state index in [1.807, 2.05) is 0 Å². The molecule has 0 atom stereocenters. The Morgan fingerprint density at radius 1 is 1.37 bits per heavy atom. The molecule has 0 bridgehead atoms. The van der Waals surface area contributed by atoms with E-state index < -0.39 is 0 Å². The summed E-state index contributed by atoms with van der Waals surface area (Å²) in [6.45, 7) is 5.02. The number of nitrogens with zero attached hydrogens (tertiary/aromatic N) is 4. The highest BCUT2D eigenvalue weighted by Crippen LogP contribution is 2.31. The predicted molar refractivity (Wildman–Crippen MR) is 82.8 cm³/mol. The number of piperidine rings is 1. The predicted octanol–water partition coefficient (Wildman–Crippen LogP) is 2.20. The minimum absolute atomic E-state index is 0.685. The molecule has 0 radical (unpaired) electrons. The van der Waals surface area contributed by atoms with Crippen LogP contribution in [0, 0.1) is 0 Å². The fraction of sp³-hybridized carbons (Fsp3) is 0.692. The Hall–Kier alpha value is -0.880. The number of aromatic nitrogens is 2. The van der Waals surface area contributed by atoms with E-state index in [1.54, 1.807) is 6.33 Å². The molecule has 1 N–H and O–H groups in total. The van der Waals surface area contributed by atoms with Gasteiger partial charge in [0.25, 0.3) is 0 Å². The standard InChI is InChI=1S/C13H22BrN5/c1-4-15-12-11(14)13(17-9-16-12)19-7-5-10(6-8-19)18(2)3/h9-10H,4-8H2,1-3H3,(H,15,16,17). The summed E-state index contributed by atoms with van der Waals surface area (Å²) in [7, 11) is 4.31. The molecular formula is C13H22BrN5. The maximum Gasteiger partial charge on any atom is 0.148 e. The smallest absolute Gasteiger partial charge is 0.148 e. The molecule has 5 nitrogen and oxygen atoms in total. The van der Waals surface area contributed by atoms with Crippen molar-refractivity contribution < 1.29 is 0 Å². The molecule has 0 saturated carbocycles. The van der Waals surface area contributed by atoms with Crippen LogP contribution in [0.25, 0.3) is 0 Å². The summed E-state index contributed by atoms with van der Waals surface area (Å²) >= 11 is 3.62. The fourth-order valence-electron chi connectivity index (χ4n) is 2.47. The van der Waals surface area contributed by atoms with Gasteiger partial charge in [-0.25, -0.2) is 9.97 Å². The average Bonchev–Trinajstić information content (AvgIpc) is 2.41. The van der Waals surface area contributed by atoms with Crippen molar-refractivity contribution in [2.45, 2.75) is 25.8 Å². The lowest BCUT2D eigenvalue weighted by molar-refractivity contribution is 0.249. The van der Waals surface area contributed by atoms with Crippen molar-refractivity contribution in [2.24, 2.45) is 0 Å². The molecule has 0 aliphatic carbocycles. The summed E-state index contributed by atoms with van der Waals surface area (Å²) in [5.41, 5.74) is 0. The number of nitrogens with one attached hydrogen (secondary N) is 1. The van der Waals surface area contributed by atoms with E-state index in [0.717, 1.165) is 35.7 Å². The second kappa shape index (κ2) is 6.52. The van der Waals surface area contributed by atoms with Crippen LogP contribution >= 0.6 is 15.9 Å². The van der Waals surface area contributed by atoms with Gasteiger partial charge >= 0.3 is 0 Å². The first-order valence-electron chi connectivity index (χ1n) is 6.79. The lowest BCUT2D eigenvalue weighted by atomic mass is 10.0. The van der Waals surface area contributed by atoms with Crippen molar-refractivity contribution in [2.75, 3.05) is 43.9 Å². The maximum atomic E-state index is 4.43. The molecule has 0 unspecified atom stereocenters. The van der Waals surface area contributed by atoms with Crippen molar-refractivity contribution in [1.29, 1.82) is 0 Å². The molecule has 1 saturated heterocycles. The van der Waals surface area contributed by atoms with Gasteiger partial charge in [-0.3, -0.25) is 0 Å². The van der Waals surface area contributed by atoms with Crippen LogP contribution in [0.1, 0.15) is 19.8 Å². The van der Waals surface area contributed by atoms with E-state index in [9.17, 15) is 0 Å². The molecule has 1 fully saturated rings. The second-order valence-electron chi connectivity index (χ2n) is 5.07. The summed E-state index contributed by atoms with van der Waals surface area (Å²) in [6, 6.07) is 0.685. The highest BCUT2D eigenvalue weighted by molar-refractivity contribution is 9.10. The highest BCUT2D eigenvalue weighted by atomic mass is 79.9. The number of hydrogen-bond donors (Lipinski definition) is 1. The molecule has 106 valence electrons. The molecule has 0 amide bonds. The molecule has 1 aromatic heterocycles. The SMILES string of the molecule is CCNc1ncnc(N2CCC(N(C)C)CC2)c1Br. The van der Waals surface area contributed by atoms with Gasteiger partial charge in [-0.15, -0.1) is 0 Å². The lowest BCUT2D eigenvalue weighted by Gasteiger charge is -2.36. The Bertz CT molecular complexity index is 415. The first-order chi connectivity index (χ1) is 9.13. The molecule has 0 spiro atoms. The van der Waals surface area contributed by atoms with E-state index in [2.05, 4.69) is 62.0 Å². The summed E-state index contributed by atoms with van der Waals surface area (Å²) in [5.74, 6) is 1.88. The van der Waals surface area contributed by atoms with Gasteiger partial charge in [0.2, 0.25) is 0 Å². The van der Waals surface area contributed by atoms with Gasteiger partial charge in [0.15, 0.2) is 0 Å². The molecule has 19 heavy (non-hydrogen) atoms. The van der Waals surface area contributed by atoms with E-state index >= 15 is 0 Å². The third-order valence-electron chi connectivity index (χ3n) is 3.61. The first kappa shape index (κ1) is 14.5. The molecule has 1 aromatic rings. The highest BCUT2D eigenvalue weighted by Gasteiger charge is 2.23. The van der Waals surface area contributed by atoms with Crippen LogP contribution in [-0.4, -0.2) is 54.6 Å². The van der Waals surface area contributed by atoms with E-state index in [1.165, 1.54) is 12.8 Å². The average molecular weight is 328 g/mol. The van der Waals surface area contributed by atoms with Crippen LogP contribution in [-0.2, 0) is 0 Å². The summed E-state index contributed by atoms with van der Waals surface area (Å²) in [6.07, 6.45) is 4.00. The number of rotatable bonds is 4. The van der Waals surface area contributed by atoms with Crippen molar-refractivity contribution in [3.8, 4) is 0 Å². The third-order valence-corrected chi connectivity index (χ3v) is 4.34. The molecule has 2 heterocycles. The van der Waals surface area contributed by atoms with Gasteiger partial charge in [-0.2, -0.15) is 0 Å². The Balaban J connectivity index is 2.09. The molecule has 2 rings (SSSR count). The molecule has 1 aliphatic rings. The minimum atomic E-state index is 0.685. The zero-order valence-electron chi connectivity index (χ0n) is 11.9. The van der Waals surface area contributed by atoms with Gasteiger partial charge < -0.3 is 15.1 Å². The quantitative estimate of drug-likeness (QED) is 0.918. The van der Waals surface area contributed by atoms with Crippen LogP contribution in [0.3, 0.4) is 0 Å². The van der Waals surface area contributed by atoms with E-state index in [4.69, 9.17) is 0 Å². The normalized spacial score (nSPS) is 17.0. The topological polar surface area (TPSA) is 44.3 Å². The summed E-state index contributed by atoms with van der Waals surface area (Å²) in [5, 5.41) is 3.25. The van der Waals surface area contributed by atoms with Gasteiger partial charge in [0.1, 0.15) is 22.4 Å².